The van der Waals surface area contributed by atoms with Crippen molar-refractivity contribution in [1.82, 2.24) is 9.88 Å². The predicted molar refractivity (Wildman–Crippen MR) is 145 cm³/mol. The molecular formula is C29H31N3O4S. The largest absolute Gasteiger partial charge is 0.358 e. The maximum atomic E-state index is 13.1. The summed E-state index contributed by atoms with van der Waals surface area (Å²) in [7, 11) is -3.61. The zero-order valence-electron chi connectivity index (χ0n) is 21.1. The summed E-state index contributed by atoms with van der Waals surface area (Å²) in [6.45, 7) is 6.03. The summed E-state index contributed by atoms with van der Waals surface area (Å²) in [5.74, 6) is -0.353. The lowest BCUT2D eigenvalue weighted by molar-refractivity contribution is -0.110. The molecule has 1 aromatic heterocycles. The van der Waals surface area contributed by atoms with E-state index in [-0.39, 0.29) is 22.3 Å². The molecule has 5 rings (SSSR count). The fourth-order valence-electron chi connectivity index (χ4n) is 5.26. The molecule has 2 aliphatic heterocycles. The van der Waals surface area contributed by atoms with Crippen LogP contribution < -0.4 is 5.32 Å². The normalized spacial score (nSPS) is 17.1. The van der Waals surface area contributed by atoms with E-state index in [1.54, 1.807) is 30.3 Å². The van der Waals surface area contributed by atoms with Crippen molar-refractivity contribution in [1.29, 1.82) is 0 Å². The molecule has 37 heavy (non-hydrogen) atoms. The van der Waals surface area contributed by atoms with Gasteiger partial charge >= 0.3 is 0 Å². The molecule has 1 amide bonds. The second-order valence-corrected chi connectivity index (χ2v) is 11.9. The number of carbonyl (C=O) groups excluding carboxylic acids is 2. The average Bonchev–Trinajstić information content (AvgIpc) is 3.34. The smallest absolute Gasteiger partial charge is 0.256 e. The first-order chi connectivity index (χ1) is 17.7. The summed E-state index contributed by atoms with van der Waals surface area (Å²) in [6.07, 6.45) is 5.17. The van der Waals surface area contributed by atoms with Gasteiger partial charge in [-0.15, -0.1) is 0 Å². The molecule has 2 aromatic carbocycles. The van der Waals surface area contributed by atoms with Gasteiger partial charge in [0.2, 0.25) is 0 Å². The number of nitrogens with zero attached hydrogens (tertiary/aromatic N) is 1. The summed E-state index contributed by atoms with van der Waals surface area (Å²) in [6, 6.07) is 13.7. The number of amides is 1. The van der Waals surface area contributed by atoms with Crippen LogP contribution in [0.1, 0.15) is 57.7 Å². The molecule has 0 spiro atoms. The number of aromatic amines is 1. The molecule has 0 bridgehead atoms. The lowest BCUT2D eigenvalue weighted by atomic mass is 10.0. The van der Waals surface area contributed by atoms with E-state index in [4.69, 9.17) is 0 Å². The average molecular weight is 518 g/mol. The van der Waals surface area contributed by atoms with E-state index in [1.165, 1.54) is 12.5 Å². The third-order valence-electron chi connectivity index (χ3n) is 7.19. The molecule has 1 saturated heterocycles. The summed E-state index contributed by atoms with van der Waals surface area (Å²) < 4.78 is 26.2. The summed E-state index contributed by atoms with van der Waals surface area (Å²) >= 11 is 0. The SMILES string of the molecule is Cc1[nH]c(/C=C2\C(=O)Nc3ccc(S(=O)(=O)Cc4ccccc4)cc32)c(C)c1C(=O)CN1CCCCC1. The van der Waals surface area contributed by atoms with E-state index in [2.05, 4.69) is 15.2 Å². The van der Waals surface area contributed by atoms with Crippen molar-refractivity contribution in [3.05, 3.63) is 82.2 Å². The van der Waals surface area contributed by atoms with Crippen molar-refractivity contribution in [3.8, 4) is 0 Å². The third-order valence-corrected chi connectivity index (χ3v) is 8.88. The number of carbonyl (C=O) groups is 2. The minimum atomic E-state index is -3.61. The highest BCUT2D eigenvalue weighted by molar-refractivity contribution is 7.90. The molecule has 7 nitrogen and oxygen atoms in total. The number of aryl methyl sites for hydroxylation is 1. The standard InChI is InChI=1S/C29H31N3O4S/c1-19-26(30-20(2)28(19)27(33)17-32-13-7-4-8-14-32)16-24-23-15-22(11-12-25(23)31-29(24)34)37(35,36)18-21-9-5-3-6-10-21/h3,5-6,9-12,15-16,30H,4,7-8,13-14,17-18H2,1-2H3,(H,31,34)/b24-16-. The second-order valence-electron chi connectivity index (χ2n) is 9.89. The Morgan fingerprint density at radius 2 is 1.76 bits per heavy atom. The van der Waals surface area contributed by atoms with Crippen LogP contribution in [0.3, 0.4) is 0 Å². The van der Waals surface area contributed by atoms with Gasteiger partial charge in [-0.3, -0.25) is 14.5 Å². The highest BCUT2D eigenvalue weighted by Crippen LogP contribution is 2.36. The maximum absolute atomic E-state index is 13.1. The van der Waals surface area contributed by atoms with Gasteiger partial charge in [0.15, 0.2) is 15.6 Å². The molecule has 2 N–H and O–H groups in total. The third kappa shape index (κ3) is 5.17. The first-order valence-corrected chi connectivity index (χ1v) is 14.3. The predicted octanol–water partition coefficient (Wildman–Crippen LogP) is 4.77. The molecular weight excluding hydrogens is 486 g/mol. The summed E-state index contributed by atoms with van der Waals surface area (Å²) in [5, 5.41) is 2.82. The molecule has 0 radical (unpaired) electrons. The van der Waals surface area contributed by atoms with Gasteiger partial charge in [-0.25, -0.2) is 8.42 Å². The molecule has 8 heteroatoms. The summed E-state index contributed by atoms with van der Waals surface area (Å²) in [5.41, 5.74) is 5.07. The number of hydrogen-bond donors (Lipinski definition) is 2. The number of anilines is 1. The van der Waals surface area contributed by atoms with Gasteiger partial charge in [-0.2, -0.15) is 0 Å². The van der Waals surface area contributed by atoms with Gasteiger partial charge in [0.05, 0.1) is 22.8 Å². The van der Waals surface area contributed by atoms with Crippen molar-refractivity contribution in [3.63, 3.8) is 0 Å². The number of sulfone groups is 1. The number of fused-ring (bicyclic) bond motifs is 1. The number of hydrogen-bond acceptors (Lipinski definition) is 5. The molecule has 3 heterocycles. The first kappa shape index (κ1) is 25.2. The van der Waals surface area contributed by atoms with Crippen LogP contribution in [0.4, 0.5) is 5.69 Å². The van der Waals surface area contributed by atoms with E-state index in [1.807, 2.05) is 32.0 Å². The molecule has 0 unspecified atom stereocenters. The van der Waals surface area contributed by atoms with E-state index < -0.39 is 9.84 Å². The molecule has 192 valence electrons. The Morgan fingerprint density at radius 3 is 2.49 bits per heavy atom. The lowest BCUT2D eigenvalue weighted by Gasteiger charge is -2.25. The van der Waals surface area contributed by atoms with E-state index in [9.17, 15) is 18.0 Å². The van der Waals surface area contributed by atoms with Gasteiger partial charge in [0.1, 0.15) is 0 Å². The Balaban J connectivity index is 1.45. The number of likely N-dealkylation sites (tertiary alicyclic amines) is 1. The number of H-pyrrole nitrogens is 1. The van der Waals surface area contributed by atoms with Crippen molar-refractivity contribution >= 4 is 38.9 Å². The molecule has 2 aliphatic rings. The van der Waals surface area contributed by atoms with Gasteiger partial charge in [0, 0.05) is 28.2 Å². The van der Waals surface area contributed by atoms with E-state index in [0.717, 1.165) is 37.2 Å². The number of aromatic nitrogens is 1. The van der Waals surface area contributed by atoms with Crippen molar-refractivity contribution < 1.29 is 18.0 Å². The highest BCUT2D eigenvalue weighted by Gasteiger charge is 2.28. The van der Waals surface area contributed by atoms with E-state index >= 15 is 0 Å². The number of rotatable bonds is 7. The zero-order valence-corrected chi connectivity index (χ0v) is 22.0. The monoisotopic (exact) mass is 517 g/mol. The maximum Gasteiger partial charge on any atom is 0.256 e. The Bertz CT molecular complexity index is 1500. The fourth-order valence-corrected chi connectivity index (χ4v) is 6.63. The number of benzene rings is 2. The van der Waals surface area contributed by atoms with Crippen molar-refractivity contribution in [2.45, 2.75) is 43.8 Å². The van der Waals surface area contributed by atoms with Crippen LogP contribution in [0.15, 0.2) is 53.4 Å². The number of Topliss-reactive ketones (excluding diaryl/α,β-unsaturated/α-hetero) is 1. The van der Waals surface area contributed by atoms with Gasteiger partial charge < -0.3 is 10.3 Å². The molecule has 0 aliphatic carbocycles. The summed E-state index contributed by atoms with van der Waals surface area (Å²) in [4.78, 5) is 31.7. The number of ketones is 1. The van der Waals surface area contributed by atoms with E-state index in [0.29, 0.717) is 40.2 Å². The van der Waals surface area contributed by atoms with Crippen LogP contribution in [-0.2, 0) is 20.4 Å². The molecule has 0 saturated carbocycles. The van der Waals surface area contributed by atoms with Crippen LogP contribution in [0.2, 0.25) is 0 Å². The Kier molecular flexibility index (Phi) is 6.88. The Morgan fingerprint density at radius 1 is 1.03 bits per heavy atom. The first-order valence-electron chi connectivity index (χ1n) is 12.6. The molecule has 3 aromatic rings. The Hall–Kier alpha value is -3.49. The molecule has 1 fully saturated rings. The lowest BCUT2D eigenvalue weighted by Crippen LogP contribution is -2.34. The van der Waals surface area contributed by atoms with Gasteiger partial charge in [0.25, 0.3) is 5.91 Å². The second kappa shape index (κ2) is 10.1. The fraction of sp³-hybridized carbons (Fsp3) is 0.310. The van der Waals surface area contributed by atoms with Crippen LogP contribution in [0, 0.1) is 13.8 Å². The quantitative estimate of drug-likeness (QED) is 0.348. The van der Waals surface area contributed by atoms with Crippen molar-refractivity contribution in [2.24, 2.45) is 0 Å². The zero-order chi connectivity index (χ0) is 26.2. The van der Waals surface area contributed by atoms with Crippen molar-refractivity contribution in [2.75, 3.05) is 25.0 Å². The van der Waals surface area contributed by atoms with Crippen LogP contribution in [-0.4, -0.2) is 49.6 Å². The molecule has 0 atom stereocenters. The Labute approximate surface area is 217 Å². The minimum absolute atomic E-state index is 0.0726. The number of piperidine rings is 1. The van der Waals surface area contributed by atoms with Crippen LogP contribution >= 0.6 is 0 Å². The van der Waals surface area contributed by atoms with Crippen LogP contribution in [0.25, 0.3) is 11.6 Å². The topological polar surface area (TPSA) is 99.3 Å². The van der Waals surface area contributed by atoms with Gasteiger partial charge in [-0.05, 0) is 75.2 Å². The minimum Gasteiger partial charge on any atom is -0.358 e. The highest BCUT2D eigenvalue weighted by atomic mass is 32.2. The van der Waals surface area contributed by atoms with Gasteiger partial charge in [-0.1, -0.05) is 36.8 Å². The van der Waals surface area contributed by atoms with Crippen LogP contribution in [0.5, 0.6) is 0 Å². The number of nitrogens with one attached hydrogen (secondary N) is 2.